The van der Waals surface area contributed by atoms with Crippen molar-refractivity contribution in [1.29, 1.82) is 0 Å². The Morgan fingerprint density at radius 3 is 2.43 bits per heavy atom. The van der Waals surface area contributed by atoms with E-state index in [1.54, 1.807) is 7.11 Å². The number of carbonyl (C=O) groups is 1. The number of methoxy groups -OCH3 is 2. The van der Waals surface area contributed by atoms with Gasteiger partial charge in [0.15, 0.2) is 11.5 Å². The topological polar surface area (TPSA) is 75.3 Å². The molecule has 1 N–H and O–H groups in total. The van der Waals surface area contributed by atoms with E-state index in [1.165, 1.54) is 18.2 Å². The molecule has 0 saturated heterocycles. The normalized spacial score (nSPS) is 23.9. The van der Waals surface area contributed by atoms with Crippen LogP contribution in [0, 0.1) is 5.92 Å². The second-order valence-corrected chi connectivity index (χ2v) is 12.8. The summed E-state index contributed by atoms with van der Waals surface area (Å²) in [6.45, 7) is 2.60. The molecular formula is C36H42ClNO6. The van der Waals surface area contributed by atoms with Crippen LogP contribution in [0.15, 0.2) is 60.7 Å². The molecule has 8 heteroatoms. The standard InChI is InChI=1S/C36H42ClNO6/c1-40-30-11-9-25(10-12-30)24-42-17-4-6-27-20-26-21-32-33(44-19-5-18-43-32)23-31(26)35(27)13-15-36(16-14-35,34(39)41-2)38-29-8-3-7-28(37)22-29/h3,7-12,21-23,27,38H,4-6,13-20,24H2,1-2H3. The molecule has 0 aromatic heterocycles. The maximum Gasteiger partial charge on any atom is 0.331 e. The minimum atomic E-state index is -0.815. The summed E-state index contributed by atoms with van der Waals surface area (Å²) >= 11 is 6.29. The van der Waals surface area contributed by atoms with Crippen molar-refractivity contribution in [2.75, 3.05) is 39.4 Å². The van der Waals surface area contributed by atoms with Crippen molar-refractivity contribution in [3.8, 4) is 17.2 Å². The first kappa shape index (κ1) is 30.6. The summed E-state index contributed by atoms with van der Waals surface area (Å²) in [5.74, 6) is 2.73. The van der Waals surface area contributed by atoms with Gasteiger partial charge in [0.1, 0.15) is 11.3 Å². The van der Waals surface area contributed by atoms with Gasteiger partial charge in [-0.05, 0) is 115 Å². The lowest BCUT2D eigenvalue weighted by atomic mass is 9.60. The van der Waals surface area contributed by atoms with Gasteiger partial charge in [0.05, 0.1) is 34.0 Å². The fourth-order valence-corrected chi connectivity index (χ4v) is 7.69. The Kier molecular flexibility index (Phi) is 9.24. The molecule has 0 bridgehead atoms. The van der Waals surface area contributed by atoms with E-state index in [0.29, 0.717) is 50.2 Å². The zero-order valence-corrected chi connectivity index (χ0v) is 26.4. The van der Waals surface area contributed by atoms with Crippen LogP contribution in [0.2, 0.25) is 5.02 Å². The van der Waals surface area contributed by atoms with Crippen molar-refractivity contribution >= 4 is 23.3 Å². The number of hydrogen-bond donors (Lipinski definition) is 1. The second kappa shape index (κ2) is 13.3. The van der Waals surface area contributed by atoms with Crippen molar-refractivity contribution in [3.63, 3.8) is 0 Å². The monoisotopic (exact) mass is 619 g/mol. The number of nitrogens with one attached hydrogen (secondary N) is 1. The van der Waals surface area contributed by atoms with Gasteiger partial charge in [-0.2, -0.15) is 0 Å². The van der Waals surface area contributed by atoms with Gasteiger partial charge in [-0.25, -0.2) is 4.79 Å². The number of benzene rings is 3. The van der Waals surface area contributed by atoms with Crippen molar-refractivity contribution in [2.24, 2.45) is 5.92 Å². The van der Waals surface area contributed by atoms with E-state index in [9.17, 15) is 4.79 Å². The predicted molar refractivity (Wildman–Crippen MR) is 171 cm³/mol. The summed E-state index contributed by atoms with van der Waals surface area (Å²) in [7, 11) is 3.15. The summed E-state index contributed by atoms with van der Waals surface area (Å²) in [6.07, 6.45) is 6.90. The van der Waals surface area contributed by atoms with Gasteiger partial charge in [-0.3, -0.25) is 0 Å². The Hall–Kier alpha value is -3.42. The molecule has 234 valence electrons. The molecule has 3 aliphatic rings. The Labute approximate surface area is 265 Å². The minimum Gasteiger partial charge on any atom is -0.497 e. The molecule has 1 unspecified atom stereocenters. The van der Waals surface area contributed by atoms with Crippen LogP contribution >= 0.6 is 11.6 Å². The number of ether oxygens (including phenoxy) is 5. The lowest BCUT2D eigenvalue weighted by molar-refractivity contribution is -0.148. The first-order valence-corrected chi connectivity index (χ1v) is 16.1. The molecule has 3 aromatic carbocycles. The molecule has 1 heterocycles. The molecule has 1 fully saturated rings. The summed E-state index contributed by atoms with van der Waals surface area (Å²) in [5, 5.41) is 4.17. The molecule has 3 aromatic rings. The average Bonchev–Trinajstić information content (AvgIpc) is 3.16. The van der Waals surface area contributed by atoms with Gasteiger partial charge < -0.3 is 29.0 Å². The maximum absolute atomic E-state index is 13.4. The number of fused-ring (bicyclic) bond motifs is 3. The van der Waals surface area contributed by atoms with Crippen LogP contribution < -0.4 is 19.5 Å². The highest BCUT2D eigenvalue weighted by atomic mass is 35.5. The molecule has 1 atom stereocenters. The van der Waals surface area contributed by atoms with Crippen molar-refractivity contribution in [3.05, 3.63) is 82.4 Å². The van der Waals surface area contributed by atoms with Gasteiger partial charge in [0, 0.05) is 23.7 Å². The van der Waals surface area contributed by atoms with Crippen LogP contribution in [0.3, 0.4) is 0 Å². The average molecular weight is 620 g/mol. The first-order valence-electron chi connectivity index (χ1n) is 15.7. The molecule has 1 spiro atoms. The Morgan fingerprint density at radius 2 is 1.73 bits per heavy atom. The molecule has 0 radical (unpaired) electrons. The van der Waals surface area contributed by atoms with E-state index < -0.39 is 5.54 Å². The lowest BCUT2D eigenvalue weighted by Gasteiger charge is -2.47. The Bertz CT molecular complexity index is 1450. The van der Waals surface area contributed by atoms with Gasteiger partial charge in [-0.15, -0.1) is 0 Å². The predicted octanol–water partition coefficient (Wildman–Crippen LogP) is 7.51. The van der Waals surface area contributed by atoms with E-state index in [1.807, 2.05) is 48.5 Å². The molecule has 7 nitrogen and oxygen atoms in total. The number of hydrogen-bond acceptors (Lipinski definition) is 7. The molecule has 44 heavy (non-hydrogen) atoms. The fourth-order valence-electron chi connectivity index (χ4n) is 7.50. The molecule has 2 aliphatic carbocycles. The number of carbonyl (C=O) groups excluding carboxylic acids is 1. The highest BCUT2D eigenvalue weighted by Gasteiger charge is 2.54. The zero-order valence-electron chi connectivity index (χ0n) is 25.7. The number of halogens is 1. The quantitative estimate of drug-likeness (QED) is 0.186. The van der Waals surface area contributed by atoms with Gasteiger partial charge >= 0.3 is 5.97 Å². The largest absolute Gasteiger partial charge is 0.497 e. The van der Waals surface area contributed by atoms with Crippen LogP contribution in [0.4, 0.5) is 5.69 Å². The first-order chi connectivity index (χ1) is 21.4. The molecule has 1 saturated carbocycles. The summed E-state index contributed by atoms with van der Waals surface area (Å²) < 4.78 is 29.0. The van der Waals surface area contributed by atoms with Crippen molar-refractivity contribution < 1.29 is 28.5 Å². The van der Waals surface area contributed by atoms with Crippen LogP contribution in [0.1, 0.15) is 61.6 Å². The maximum atomic E-state index is 13.4. The van der Waals surface area contributed by atoms with Crippen molar-refractivity contribution in [1.82, 2.24) is 0 Å². The van der Waals surface area contributed by atoms with Crippen LogP contribution in [0.5, 0.6) is 17.2 Å². The Morgan fingerprint density at radius 1 is 0.977 bits per heavy atom. The third kappa shape index (κ3) is 6.22. The highest BCUT2D eigenvalue weighted by molar-refractivity contribution is 6.30. The Balaban J connectivity index is 1.21. The number of esters is 1. The summed E-state index contributed by atoms with van der Waals surface area (Å²) in [4.78, 5) is 13.4. The van der Waals surface area contributed by atoms with E-state index in [0.717, 1.165) is 67.0 Å². The lowest BCUT2D eigenvalue weighted by Crippen LogP contribution is -2.53. The fraction of sp³-hybridized carbons (Fsp3) is 0.472. The van der Waals surface area contributed by atoms with Gasteiger partial charge in [0.25, 0.3) is 0 Å². The molecule has 0 amide bonds. The van der Waals surface area contributed by atoms with E-state index in [2.05, 4.69) is 17.4 Å². The van der Waals surface area contributed by atoms with E-state index in [-0.39, 0.29) is 11.4 Å². The highest BCUT2D eigenvalue weighted by Crippen LogP contribution is 2.57. The van der Waals surface area contributed by atoms with E-state index in [4.69, 9.17) is 35.3 Å². The van der Waals surface area contributed by atoms with E-state index >= 15 is 0 Å². The SMILES string of the molecule is COC(=O)C1(Nc2cccc(Cl)c2)CCC2(CC1)c1cc3c(cc1CC2CCCOCc1ccc(OC)cc1)OCCCO3. The zero-order chi connectivity index (χ0) is 30.6. The second-order valence-electron chi connectivity index (χ2n) is 12.3. The summed E-state index contributed by atoms with van der Waals surface area (Å²) in [5.41, 5.74) is 3.77. The molecule has 1 aliphatic heterocycles. The minimum absolute atomic E-state index is 0.0659. The van der Waals surface area contributed by atoms with Gasteiger partial charge in [-0.1, -0.05) is 29.8 Å². The van der Waals surface area contributed by atoms with Crippen LogP contribution in [-0.2, 0) is 32.7 Å². The van der Waals surface area contributed by atoms with Crippen LogP contribution in [0.25, 0.3) is 0 Å². The van der Waals surface area contributed by atoms with Crippen LogP contribution in [-0.4, -0.2) is 45.5 Å². The number of rotatable bonds is 10. The van der Waals surface area contributed by atoms with Gasteiger partial charge in [0.2, 0.25) is 0 Å². The van der Waals surface area contributed by atoms with Crippen molar-refractivity contribution in [2.45, 2.75) is 68.9 Å². The molecular weight excluding hydrogens is 578 g/mol. The smallest absolute Gasteiger partial charge is 0.331 e. The molecule has 6 rings (SSSR count). The third-order valence-electron chi connectivity index (χ3n) is 9.81. The summed E-state index contributed by atoms with van der Waals surface area (Å²) in [6, 6.07) is 20.0. The third-order valence-corrected chi connectivity index (χ3v) is 10.0. The number of anilines is 1.